The van der Waals surface area contributed by atoms with Gasteiger partial charge in [0.05, 0.1) is 16.6 Å². The Labute approximate surface area is 124 Å². The summed E-state index contributed by atoms with van der Waals surface area (Å²) < 4.78 is 2.18. The van der Waals surface area contributed by atoms with Crippen LogP contribution in [0.15, 0.2) is 18.2 Å². The molecule has 4 heteroatoms. The highest BCUT2D eigenvalue weighted by Crippen LogP contribution is 2.34. The second-order valence-corrected chi connectivity index (χ2v) is 6.27. The van der Waals surface area contributed by atoms with Crippen LogP contribution in [0, 0.1) is 12.8 Å². The van der Waals surface area contributed by atoms with Crippen molar-refractivity contribution in [2.45, 2.75) is 52.0 Å². The fourth-order valence-electron chi connectivity index (χ4n) is 3.61. The zero-order valence-electron chi connectivity index (χ0n) is 12.7. The zero-order chi connectivity index (χ0) is 15.0. The van der Waals surface area contributed by atoms with Crippen molar-refractivity contribution in [2.24, 2.45) is 5.92 Å². The van der Waals surface area contributed by atoms with Crippen LogP contribution in [0.3, 0.4) is 0 Å². The van der Waals surface area contributed by atoms with Gasteiger partial charge >= 0.3 is 5.97 Å². The third-order valence-corrected chi connectivity index (χ3v) is 4.71. The van der Waals surface area contributed by atoms with Gasteiger partial charge < -0.3 is 9.67 Å². The van der Waals surface area contributed by atoms with Crippen LogP contribution >= 0.6 is 0 Å². The maximum Gasteiger partial charge on any atom is 0.337 e. The molecular formula is C17H22N2O2. The van der Waals surface area contributed by atoms with Gasteiger partial charge in [-0.2, -0.15) is 0 Å². The molecule has 2 aromatic rings. The number of aromatic carboxylic acids is 1. The summed E-state index contributed by atoms with van der Waals surface area (Å²) in [5.74, 6) is 0.825. The molecule has 0 amide bonds. The highest BCUT2D eigenvalue weighted by molar-refractivity contribution is 6.01. The minimum atomic E-state index is -0.872. The van der Waals surface area contributed by atoms with Crippen LogP contribution in [0.5, 0.6) is 0 Å². The number of carboxylic acid groups (broad SMARTS) is 1. The Morgan fingerprint density at radius 2 is 2.10 bits per heavy atom. The summed E-state index contributed by atoms with van der Waals surface area (Å²) in [6.07, 6.45) is 5.92. The van der Waals surface area contributed by atoms with Crippen LogP contribution in [0.4, 0.5) is 0 Å². The van der Waals surface area contributed by atoms with E-state index in [1.165, 1.54) is 19.3 Å². The smallest absolute Gasteiger partial charge is 0.337 e. The number of fused-ring (bicyclic) bond motifs is 1. The molecule has 4 nitrogen and oxygen atoms in total. The van der Waals surface area contributed by atoms with Crippen LogP contribution in [-0.2, 0) is 0 Å². The van der Waals surface area contributed by atoms with Crippen molar-refractivity contribution in [1.29, 1.82) is 0 Å². The monoisotopic (exact) mass is 286 g/mol. The van der Waals surface area contributed by atoms with E-state index in [9.17, 15) is 9.90 Å². The maximum absolute atomic E-state index is 11.5. The van der Waals surface area contributed by atoms with Gasteiger partial charge in [0.25, 0.3) is 0 Å². The Bertz CT molecular complexity index is 675. The summed E-state index contributed by atoms with van der Waals surface area (Å²) in [6, 6.07) is 5.74. The molecule has 0 spiro atoms. The first-order valence-corrected chi connectivity index (χ1v) is 7.78. The van der Waals surface area contributed by atoms with Crippen molar-refractivity contribution in [2.75, 3.05) is 0 Å². The predicted octanol–water partition coefficient (Wildman–Crippen LogP) is 4.18. The Balaban J connectivity index is 2.12. The van der Waals surface area contributed by atoms with E-state index in [1.54, 1.807) is 12.1 Å². The lowest BCUT2D eigenvalue weighted by atomic mass is 10.0. The molecule has 1 heterocycles. The van der Waals surface area contributed by atoms with Gasteiger partial charge in [0.2, 0.25) is 0 Å². The van der Waals surface area contributed by atoms with Gasteiger partial charge in [0, 0.05) is 6.04 Å². The first-order valence-electron chi connectivity index (χ1n) is 7.78. The molecule has 21 heavy (non-hydrogen) atoms. The Morgan fingerprint density at radius 3 is 2.86 bits per heavy atom. The van der Waals surface area contributed by atoms with Crippen LogP contribution in [0.25, 0.3) is 11.0 Å². The molecule has 0 radical (unpaired) electrons. The van der Waals surface area contributed by atoms with E-state index in [1.807, 2.05) is 13.0 Å². The number of nitrogens with zero attached hydrogens (tertiary/aromatic N) is 2. The molecule has 1 fully saturated rings. The van der Waals surface area contributed by atoms with Crippen molar-refractivity contribution in [3.63, 3.8) is 0 Å². The lowest BCUT2D eigenvalue weighted by molar-refractivity contribution is 0.0698. The maximum atomic E-state index is 11.5. The van der Waals surface area contributed by atoms with Gasteiger partial charge in [0.1, 0.15) is 5.82 Å². The Kier molecular flexibility index (Phi) is 3.70. The SMILES string of the molecule is Cc1nc2cccc(C(=O)O)c2n1C1CCCC(C)CC1. The van der Waals surface area contributed by atoms with Crippen LogP contribution < -0.4 is 0 Å². The number of imidazole rings is 1. The number of benzene rings is 1. The lowest BCUT2D eigenvalue weighted by Gasteiger charge is -2.20. The molecule has 112 valence electrons. The third-order valence-electron chi connectivity index (χ3n) is 4.71. The zero-order valence-corrected chi connectivity index (χ0v) is 12.7. The van der Waals surface area contributed by atoms with Gasteiger partial charge in [-0.3, -0.25) is 0 Å². The molecule has 2 atom stereocenters. The molecule has 1 aliphatic carbocycles. The van der Waals surface area contributed by atoms with Gasteiger partial charge in [-0.25, -0.2) is 9.78 Å². The Hall–Kier alpha value is -1.84. The minimum Gasteiger partial charge on any atom is -0.478 e. The number of hydrogen-bond acceptors (Lipinski definition) is 2. The highest BCUT2D eigenvalue weighted by atomic mass is 16.4. The number of rotatable bonds is 2. The fraction of sp³-hybridized carbons (Fsp3) is 0.529. The molecule has 0 saturated heterocycles. The van der Waals surface area contributed by atoms with Crippen molar-refractivity contribution in [1.82, 2.24) is 9.55 Å². The predicted molar refractivity (Wildman–Crippen MR) is 82.7 cm³/mol. The van der Waals surface area contributed by atoms with E-state index in [0.29, 0.717) is 11.6 Å². The number of para-hydroxylation sites is 1. The molecule has 2 unspecified atom stereocenters. The minimum absolute atomic E-state index is 0.366. The van der Waals surface area contributed by atoms with Crippen molar-refractivity contribution < 1.29 is 9.90 Å². The van der Waals surface area contributed by atoms with E-state index < -0.39 is 5.97 Å². The van der Waals surface area contributed by atoms with Gasteiger partial charge in [-0.05, 0) is 44.2 Å². The summed E-state index contributed by atoms with van der Waals surface area (Å²) in [5, 5.41) is 9.47. The number of hydrogen-bond donors (Lipinski definition) is 1. The largest absolute Gasteiger partial charge is 0.478 e. The van der Waals surface area contributed by atoms with Crippen LogP contribution in [0.1, 0.15) is 61.3 Å². The second-order valence-electron chi connectivity index (χ2n) is 6.27. The van der Waals surface area contributed by atoms with Crippen LogP contribution in [0.2, 0.25) is 0 Å². The average Bonchev–Trinajstić information content (AvgIpc) is 2.63. The topological polar surface area (TPSA) is 55.1 Å². The molecule has 0 bridgehead atoms. The van der Waals surface area contributed by atoms with E-state index in [0.717, 1.165) is 35.6 Å². The van der Waals surface area contributed by atoms with Gasteiger partial charge in [-0.15, -0.1) is 0 Å². The van der Waals surface area contributed by atoms with Gasteiger partial charge in [0.15, 0.2) is 0 Å². The van der Waals surface area contributed by atoms with Crippen molar-refractivity contribution in [3.05, 3.63) is 29.6 Å². The third kappa shape index (κ3) is 2.55. The van der Waals surface area contributed by atoms with E-state index in [4.69, 9.17) is 0 Å². The summed E-state index contributed by atoms with van der Waals surface area (Å²) in [6.45, 7) is 4.30. The molecule has 1 aromatic carbocycles. The first kappa shape index (κ1) is 14.1. The second kappa shape index (κ2) is 5.51. The molecule has 3 rings (SSSR count). The molecular weight excluding hydrogens is 264 g/mol. The summed E-state index contributed by atoms with van der Waals surface area (Å²) in [4.78, 5) is 16.1. The summed E-state index contributed by atoms with van der Waals surface area (Å²) in [7, 11) is 0. The molecule has 0 aliphatic heterocycles. The average molecular weight is 286 g/mol. The first-order chi connectivity index (χ1) is 10.1. The highest BCUT2D eigenvalue weighted by Gasteiger charge is 2.23. The van der Waals surface area contributed by atoms with Crippen LogP contribution in [-0.4, -0.2) is 20.6 Å². The lowest BCUT2D eigenvalue weighted by Crippen LogP contribution is -2.12. The number of carboxylic acids is 1. The number of carbonyl (C=O) groups is 1. The summed E-state index contributed by atoms with van der Waals surface area (Å²) in [5.41, 5.74) is 1.96. The normalized spacial score (nSPS) is 23.1. The van der Waals surface area contributed by atoms with Crippen molar-refractivity contribution >= 4 is 17.0 Å². The van der Waals surface area contributed by atoms with Crippen molar-refractivity contribution in [3.8, 4) is 0 Å². The Morgan fingerprint density at radius 1 is 1.29 bits per heavy atom. The quantitative estimate of drug-likeness (QED) is 0.842. The fourth-order valence-corrected chi connectivity index (χ4v) is 3.61. The standard InChI is InChI=1S/C17H22N2O2/c1-11-5-3-6-13(10-9-11)19-12(2)18-15-8-4-7-14(16(15)19)17(20)21/h4,7-8,11,13H,3,5-6,9-10H2,1-2H3,(H,20,21). The molecule has 1 N–H and O–H groups in total. The number of aryl methyl sites for hydroxylation is 1. The van der Waals surface area contributed by atoms with E-state index >= 15 is 0 Å². The van der Waals surface area contributed by atoms with Gasteiger partial charge in [-0.1, -0.05) is 25.8 Å². The molecule has 1 aliphatic rings. The molecule has 1 aromatic heterocycles. The van der Waals surface area contributed by atoms with E-state index in [2.05, 4.69) is 16.5 Å². The summed E-state index contributed by atoms with van der Waals surface area (Å²) >= 11 is 0. The number of aromatic nitrogens is 2. The molecule has 1 saturated carbocycles. The van der Waals surface area contributed by atoms with E-state index in [-0.39, 0.29) is 0 Å².